The molecule has 4 fully saturated rings. The number of amides is 3. The summed E-state index contributed by atoms with van der Waals surface area (Å²) in [5.41, 5.74) is 2.66. The fraction of sp³-hybridized carbons (Fsp3) is 0.485. The summed E-state index contributed by atoms with van der Waals surface area (Å²) in [5.74, 6) is 0.449. The van der Waals surface area contributed by atoms with Crippen molar-refractivity contribution >= 4 is 45.1 Å². The number of carbonyl (C=O) groups is 2. The molecular formula is C33H36FN9O3. The smallest absolute Gasteiger partial charge is 0.322 e. The van der Waals surface area contributed by atoms with Gasteiger partial charge in [-0.15, -0.1) is 0 Å². The van der Waals surface area contributed by atoms with Crippen LogP contribution < -0.4 is 25.2 Å². The van der Waals surface area contributed by atoms with Crippen molar-refractivity contribution in [3.63, 3.8) is 0 Å². The molecule has 7 heterocycles. The van der Waals surface area contributed by atoms with E-state index in [2.05, 4.69) is 59.8 Å². The van der Waals surface area contributed by atoms with Crippen molar-refractivity contribution in [2.45, 2.75) is 62.3 Å². The molecule has 2 aromatic carbocycles. The Morgan fingerprint density at radius 2 is 1.93 bits per heavy atom. The van der Waals surface area contributed by atoms with Gasteiger partial charge >= 0.3 is 12.0 Å². The fourth-order valence-corrected chi connectivity index (χ4v) is 8.68. The predicted molar refractivity (Wildman–Crippen MR) is 170 cm³/mol. The van der Waals surface area contributed by atoms with Gasteiger partial charge in [-0.3, -0.25) is 20.1 Å². The van der Waals surface area contributed by atoms with E-state index >= 15 is 0 Å². The number of piperidine rings is 1. The molecule has 0 bridgehead atoms. The van der Waals surface area contributed by atoms with Crippen LogP contribution in [0.25, 0.3) is 21.7 Å². The van der Waals surface area contributed by atoms with Gasteiger partial charge in [0.15, 0.2) is 0 Å². The van der Waals surface area contributed by atoms with Gasteiger partial charge in [0.2, 0.25) is 0 Å². The van der Waals surface area contributed by atoms with Crippen molar-refractivity contribution < 1.29 is 18.7 Å². The van der Waals surface area contributed by atoms with Gasteiger partial charge in [0.05, 0.1) is 41.7 Å². The maximum Gasteiger partial charge on any atom is 0.322 e. The summed E-state index contributed by atoms with van der Waals surface area (Å²) in [7, 11) is 0. The average molecular weight is 626 g/mol. The van der Waals surface area contributed by atoms with Crippen LogP contribution in [0, 0.1) is 0 Å². The SMILES string of the molecule is O=C1NC(=O)C2(CCCN(c3nc(OC[C@@]45CCCN4C[C@H](F)C5)nc4c3CCN(c3c5ccccc5cc5[nH]ncc35)C4)C2)N1. The van der Waals surface area contributed by atoms with Gasteiger partial charge < -0.3 is 19.9 Å². The molecule has 1 spiro atoms. The maximum absolute atomic E-state index is 14.5. The number of alkyl halides is 1. The van der Waals surface area contributed by atoms with Crippen LogP contribution in [0.5, 0.6) is 6.01 Å². The highest BCUT2D eigenvalue weighted by atomic mass is 19.1. The first-order chi connectivity index (χ1) is 22.4. The number of rotatable bonds is 5. The Morgan fingerprint density at radius 3 is 2.83 bits per heavy atom. The third-order valence-corrected chi connectivity index (χ3v) is 10.8. The van der Waals surface area contributed by atoms with Crippen molar-refractivity contribution in [3.05, 3.63) is 47.8 Å². The van der Waals surface area contributed by atoms with E-state index in [4.69, 9.17) is 14.7 Å². The molecule has 4 aromatic rings. The number of fused-ring (bicyclic) bond motifs is 4. The molecule has 12 nitrogen and oxygen atoms in total. The minimum atomic E-state index is -0.992. The molecule has 13 heteroatoms. The number of nitrogens with one attached hydrogen (secondary N) is 3. The zero-order valence-corrected chi connectivity index (χ0v) is 25.5. The van der Waals surface area contributed by atoms with E-state index in [1.165, 1.54) is 0 Å². The molecule has 238 valence electrons. The maximum atomic E-state index is 14.5. The number of aromatic amines is 1. The molecular weight excluding hydrogens is 589 g/mol. The first-order valence-electron chi connectivity index (χ1n) is 16.3. The topological polar surface area (TPSA) is 132 Å². The minimum absolute atomic E-state index is 0.269. The van der Waals surface area contributed by atoms with Crippen LogP contribution in [0.4, 0.5) is 20.7 Å². The Bertz CT molecular complexity index is 1900. The summed E-state index contributed by atoms with van der Waals surface area (Å²) in [4.78, 5) is 41.8. The summed E-state index contributed by atoms with van der Waals surface area (Å²) in [6.45, 7) is 3.95. The second kappa shape index (κ2) is 10.2. The van der Waals surface area contributed by atoms with Crippen LogP contribution in [-0.4, -0.2) is 93.6 Å². The normalized spacial score (nSPS) is 27.8. The Morgan fingerprint density at radius 1 is 1.04 bits per heavy atom. The molecule has 46 heavy (non-hydrogen) atoms. The highest BCUT2D eigenvalue weighted by Crippen LogP contribution is 2.42. The molecule has 4 saturated heterocycles. The third-order valence-electron chi connectivity index (χ3n) is 10.8. The monoisotopic (exact) mass is 625 g/mol. The van der Waals surface area contributed by atoms with Gasteiger partial charge in [0.1, 0.15) is 24.1 Å². The van der Waals surface area contributed by atoms with E-state index in [9.17, 15) is 14.0 Å². The lowest BCUT2D eigenvalue weighted by atomic mass is 9.88. The number of urea groups is 1. The quantitative estimate of drug-likeness (QED) is 0.286. The molecule has 0 radical (unpaired) electrons. The van der Waals surface area contributed by atoms with Crippen LogP contribution in [0.15, 0.2) is 36.5 Å². The van der Waals surface area contributed by atoms with E-state index in [-0.39, 0.29) is 17.5 Å². The molecule has 0 saturated carbocycles. The summed E-state index contributed by atoms with van der Waals surface area (Å²) >= 11 is 0. The van der Waals surface area contributed by atoms with E-state index in [0.717, 1.165) is 76.8 Å². The van der Waals surface area contributed by atoms with Crippen molar-refractivity contribution in [1.82, 2.24) is 35.7 Å². The van der Waals surface area contributed by atoms with Crippen molar-refractivity contribution in [3.8, 4) is 6.01 Å². The van der Waals surface area contributed by atoms with Gasteiger partial charge in [-0.1, -0.05) is 24.3 Å². The number of halogens is 1. The lowest BCUT2D eigenvalue weighted by Crippen LogP contribution is -2.59. The zero-order valence-electron chi connectivity index (χ0n) is 25.5. The second-order valence-corrected chi connectivity index (χ2v) is 13.6. The number of aromatic nitrogens is 4. The average Bonchev–Trinajstić information content (AvgIpc) is 3.81. The summed E-state index contributed by atoms with van der Waals surface area (Å²) in [6.07, 6.45) is 5.39. The molecule has 3 atom stereocenters. The Kier molecular flexibility index (Phi) is 6.18. The molecule has 5 aliphatic heterocycles. The Labute approximate surface area is 264 Å². The highest BCUT2D eigenvalue weighted by Gasteiger charge is 2.51. The summed E-state index contributed by atoms with van der Waals surface area (Å²) < 4.78 is 21.0. The van der Waals surface area contributed by atoms with Crippen molar-refractivity contribution in [2.75, 3.05) is 49.1 Å². The standard InChI is InChI=1S/C33H36FN9O3/c34-21-14-32(8-3-11-43(32)16-21)19-46-31-36-26-17-41(27-22-6-2-1-5-20(22)13-25-24(27)15-35-40-25)12-7-23(26)28(37-31)42-10-4-9-33(18-42)29(44)38-30(45)39-33/h1-2,5-6,13,15,21H,3-4,7-12,14,16-19H2,(H,35,40)(H2,38,39,44,45)/t21-,32+,33?/m1/s1. The number of carbonyl (C=O) groups excluding carboxylic acids is 2. The van der Waals surface area contributed by atoms with Gasteiger partial charge in [-0.25, -0.2) is 9.18 Å². The summed E-state index contributed by atoms with van der Waals surface area (Å²) in [5, 5.41) is 16.1. The van der Waals surface area contributed by atoms with E-state index < -0.39 is 17.7 Å². The molecule has 3 amide bonds. The number of nitrogens with zero attached hydrogens (tertiary/aromatic N) is 6. The number of imide groups is 1. The van der Waals surface area contributed by atoms with E-state index in [1.54, 1.807) is 0 Å². The number of benzene rings is 2. The fourth-order valence-electron chi connectivity index (χ4n) is 8.68. The van der Waals surface area contributed by atoms with Crippen LogP contribution in [0.2, 0.25) is 0 Å². The van der Waals surface area contributed by atoms with Crippen LogP contribution in [0.3, 0.4) is 0 Å². The van der Waals surface area contributed by atoms with Gasteiger partial charge in [0.25, 0.3) is 5.91 Å². The largest absolute Gasteiger partial charge is 0.461 e. The molecule has 5 aliphatic rings. The number of ether oxygens (including phenoxy) is 1. The van der Waals surface area contributed by atoms with Gasteiger partial charge in [-0.05, 0) is 50.1 Å². The van der Waals surface area contributed by atoms with Crippen molar-refractivity contribution in [1.29, 1.82) is 0 Å². The van der Waals surface area contributed by atoms with Crippen molar-refractivity contribution in [2.24, 2.45) is 0 Å². The van der Waals surface area contributed by atoms with Gasteiger partial charge in [-0.2, -0.15) is 15.1 Å². The Hall–Kier alpha value is -4.52. The Balaban J connectivity index is 1.10. The lowest BCUT2D eigenvalue weighted by molar-refractivity contribution is -0.124. The van der Waals surface area contributed by atoms with Crippen LogP contribution >= 0.6 is 0 Å². The van der Waals surface area contributed by atoms with E-state index in [1.807, 2.05) is 12.3 Å². The number of hydrogen-bond donors (Lipinski definition) is 3. The lowest BCUT2D eigenvalue weighted by Gasteiger charge is -2.40. The second-order valence-electron chi connectivity index (χ2n) is 13.6. The van der Waals surface area contributed by atoms with E-state index in [0.29, 0.717) is 52.0 Å². The number of hydrogen-bond acceptors (Lipinski definition) is 9. The minimum Gasteiger partial charge on any atom is -0.461 e. The highest BCUT2D eigenvalue weighted by molar-refractivity contribution is 6.10. The molecule has 9 rings (SSSR count). The van der Waals surface area contributed by atoms with Crippen LogP contribution in [0.1, 0.15) is 43.4 Å². The summed E-state index contributed by atoms with van der Waals surface area (Å²) in [6, 6.07) is 10.3. The third kappa shape index (κ3) is 4.31. The first kappa shape index (κ1) is 27.8. The molecule has 2 aromatic heterocycles. The molecule has 3 N–H and O–H groups in total. The molecule has 0 aliphatic carbocycles. The molecule has 1 unspecified atom stereocenters. The number of H-pyrrole nitrogens is 1. The number of anilines is 2. The first-order valence-corrected chi connectivity index (χ1v) is 16.3. The van der Waals surface area contributed by atoms with Gasteiger partial charge in [0, 0.05) is 42.4 Å². The van der Waals surface area contributed by atoms with Crippen LogP contribution in [-0.2, 0) is 17.8 Å². The predicted octanol–water partition coefficient (Wildman–Crippen LogP) is 3.20. The zero-order chi connectivity index (χ0) is 31.0.